The molecule has 1 N–H and O–H groups in total. The van der Waals surface area contributed by atoms with E-state index in [4.69, 9.17) is 4.84 Å². The van der Waals surface area contributed by atoms with Crippen LogP contribution in [0.25, 0.3) is 0 Å². The van der Waals surface area contributed by atoms with Crippen molar-refractivity contribution in [2.24, 2.45) is 0 Å². The van der Waals surface area contributed by atoms with E-state index >= 15 is 0 Å². The number of nitrogens with zero attached hydrogens (tertiary/aromatic N) is 1. The van der Waals surface area contributed by atoms with E-state index in [9.17, 15) is 0 Å². The first-order valence-electron chi connectivity index (χ1n) is 4.74. The third kappa shape index (κ3) is 1.99. The van der Waals surface area contributed by atoms with Crippen molar-refractivity contribution >= 4 is 0 Å². The highest BCUT2D eigenvalue weighted by molar-refractivity contribution is 5.01. The second-order valence-corrected chi connectivity index (χ2v) is 3.44. The zero-order valence-electron chi connectivity index (χ0n) is 7.38. The van der Waals surface area contributed by atoms with Gasteiger partial charge in [0.1, 0.15) is 0 Å². The number of hydroxylamine groups is 1. The van der Waals surface area contributed by atoms with Gasteiger partial charge in [0.05, 0.1) is 6.61 Å². The van der Waals surface area contributed by atoms with Crippen molar-refractivity contribution in [2.45, 2.75) is 19.3 Å². The minimum atomic E-state index is 0.731. The zero-order valence-corrected chi connectivity index (χ0v) is 7.38. The predicted octanol–water partition coefficient (Wildman–Crippen LogP) is 0.891. The van der Waals surface area contributed by atoms with E-state index in [0.29, 0.717) is 0 Å². The molecule has 0 atom stereocenters. The maximum Gasteiger partial charge on any atom is 0.0947 e. The van der Waals surface area contributed by atoms with E-state index in [1.54, 1.807) is 0 Å². The van der Waals surface area contributed by atoms with Gasteiger partial charge in [-0.15, -0.1) is 0 Å². The minimum Gasteiger partial charge on any atom is -0.303 e. The van der Waals surface area contributed by atoms with Crippen LogP contribution < -0.4 is 5.48 Å². The fourth-order valence-corrected chi connectivity index (χ4v) is 1.76. The van der Waals surface area contributed by atoms with Gasteiger partial charge in [0, 0.05) is 18.7 Å². The summed E-state index contributed by atoms with van der Waals surface area (Å²) in [6, 6.07) is 0. The van der Waals surface area contributed by atoms with Crippen molar-refractivity contribution in [3.05, 3.63) is 11.8 Å². The SMILES string of the molecule is C1=C(CCN2CCCC2)NOC1. The van der Waals surface area contributed by atoms with Crippen LogP contribution in [0.3, 0.4) is 0 Å². The summed E-state index contributed by atoms with van der Waals surface area (Å²) in [4.78, 5) is 7.53. The summed E-state index contributed by atoms with van der Waals surface area (Å²) in [6.45, 7) is 4.49. The van der Waals surface area contributed by atoms with Crippen molar-refractivity contribution in [1.29, 1.82) is 0 Å². The average molecular weight is 168 g/mol. The summed E-state index contributed by atoms with van der Waals surface area (Å²) in [6.07, 6.45) is 5.99. The minimum absolute atomic E-state index is 0.731. The molecule has 68 valence electrons. The molecule has 3 heteroatoms. The second kappa shape index (κ2) is 3.92. The lowest BCUT2D eigenvalue weighted by Crippen LogP contribution is -2.22. The third-order valence-corrected chi connectivity index (χ3v) is 2.51. The molecule has 2 heterocycles. The number of nitrogens with one attached hydrogen (secondary N) is 1. The van der Waals surface area contributed by atoms with E-state index in [1.165, 1.54) is 38.2 Å². The molecule has 0 amide bonds. The molecule has 0 radical (unpaired) electrons. The molecule has 0 aromatic rings. The molecule has 0 spiro atoms. The van der Waals surface area contributed by atoms with Gasteiger partial charge in [0.15, 0.2) is 0 Å². The maximum atomic E-state index is 5.01. The Balaban J connectivity index is 1.67. The molecule has 2 aliphatic rings. The first kappa shape index (κ1) is 8.08. The van der Waals surface area contributed by atoms with Crippen molar-refractivity contribution in [2.75, 3.05) is 26.2 Å². The van der Waals surface area contributed by atoms with Gasteiger partial charge in [-0.3, -0.25) is 10.3 Å². The van der Waals surface area contributed by atoms with Gasteiger partial charge in [-0.05, 0) is 32.0 Å². The van der Waals surface area contributed by atoms with E-state index in [1.807, 2.05) is 0 Å². The van der Waals surface area contributed by atoms with Crippen LogP contribution in [0.5, 0.6) is 0 Å². The summed E-state index contributed by atoms with van der Waals surface area (Å²) in [5, 5.41) is 0. The molecule has 0 bridgehead atoms. The fourth-order valence-electron chi connectivity index (χ4n) is 1.76. The van der Waals surface area contributed by atoms with Crippen LogP contribution in [0.15, 0.2) is 11.8 Å². The highest BCUT2D eigenvalue weighted by atomic mass is 16.6. The Hall–Kier alpha value is -0.540. The standard InChI is InChI=1S/C9H16N2O/c1-2-6-11(5-1)7-3-9-4-8-12-10-9/h4,10H,1-3,5-8H2. The van der Waals surface area contributed by atoms with Crippen LogP contribution >= 0.6 is 0 Å². The Kier molecular flexibility index (Phi) is 2.64. The van der Waals surface area contributed by atoms with E-state index in [0.717, 1.165) is 13.0 Å². The maximum absolute atomic E-state index is 5.01. The number of rotatable bonds is 3. The number of likely N-dealkylation sites (tertiary alicyclic amines) is 1. The fraction of sp³-hybridized carbons (Fsp3) is 0.778. The Bertz CT molecular complexity index is 173. The summed E-state index contributed by atoms with van der Waals surface area (Å²) >= 11 is 0. The monoisotopic (exact) mass is 168 g/mol. The Morgan fingerprint density at radius 3 is 2.92 bits per heavy atom. The highest BCUT2D eigenvalue weighted by Gasteiger charge is 2.12. The zero-order chi connectivity index (χ0) is 8.23. The van der Waals surface area contributed by atoms with Gasteiger partial charge in [-0.1, -0.05) is 0 Å². The predicted molar refractivity (Wildman–Crippen MR) is 47.5 cm³/mol. The Labute approximate surface area is 73.3 Å². The van der Waals surface area contributed by atoms with Crippen molar-refractivity contribution in [1.82, 2.24) is 10.4 Å². The summed E-state index contributed by atoms with van der Waals surface area (Å²) < 4.78 is 0. The number of hydrogen-bond donors (Lipinski definition) is 1. The molecular formula is C9H16N2O. The van der Waals surface area contributed by atoms with Gasteiger partial charge in [-0.2, -0.15) is 0 Å². The molecule has 2 rings (SSSR count). The van der Waals surface area contributed by atoms with Crippen LogP contribution in [-0.4, -0.2) is 31.1 Å². The molecule has 0 aromatic heterocycles. The van der Waals surface area contributed by atoms with Gasteiger partial charge >= 0.3 is 0 Å². The molecule has 1 fully saturated rings. The average Bonchev–Trinajstić information content (AvgIpc) is 2.74. The van der Waals surface area contributed by atoms with Crippen LogP contribution in [0.1, 0.15) is 19.3 Å². The lowest BCUT2D eigenvalue weighted by atomic mass is 10.3. The van der Waals surface area contributed by atoms with E-state index in [-0.39, 0.29) is 0 Å². The molecule has 0 saturated carbocycles. The molecule has 1 saturated heterocycles. The summed E-state index contributed by atoms with van der Waals surface area (Å²) in [7, 11) is 0. The van der Waals surface area contributed by atoms with Crippen LogP contribution in [0.4, 0.5) is 0 Å². The first-order valence-corrected chi connectivity index (χ1v) is 4.74. The quantitative estimate of drug-likeness (QED) is 0.677. The topological polar surface area (TPSA) is 24.5 Å². The lowest BCUT2D eigenvalue weighted by Gasteiger charge is -2.14. The summed E-state index contributed by atoms with van der Waals surface area (Å²) in [5.74, 6) is 0. The highest BCUT2D eigenvalue weighted by Crippen LogP contribution is 2.10. The smallest absolute Gasteiger partial charge is 0.0947 e. The number of hydrogen-bond acceptors (Lipinski definition) is 3. The van der Waals surface area contributed by atoms with Crippen LogP contribution in [0.2, 0.25) is 0 Å². The van der Waals surface area contributed by atoms with Crippen molar-refractivity contribution in [3.8, 4) is 0 Å². The Morgan fingerprint density at radius 2 is 2.25 bits per heavy atom. The molecule has 0 aliphatic carbocycles. The normalized spacial score (nSPS) is 24.2. The van der Waals surface area contributed by atoms with E-state index < -0.39 is 0 Å². The third-order valence-electron chi connectivity index (χ3n) is 2.51. The van der Waals surface area contributed by atoms with Gasteiger partial charge in [0.2, 0.25) is 0 Å². The van der Waals surface area contributed by atoms with Crippen LogP contribution in [-0.2, 0) is 4.84 Å². The summed E-state index contributed by atoms with van der Waals surface area (Å²) in [5.41, 5.74) is 4.17. The molecule has 2 aliphatic heterocycles. The van der Waals surface area contributed by atoms with E-state index in [2.05, 4.69) is 16.5 Å². The van der Waals surface area contributed by atoms with Gasteiger partial charge < -0.3 is 4.90 Å². The molecule has 3 nitrogen and oxygen atoms in total. The molecule has 12 heavy (non-hydrogen) atoms. The van der Waals surface area contributed by atoms with Crippen LogP contribution in [0, 0.1) is 0 Å². The largest absolute Gasteiger partial charge is 0.303 e. The van der Waals surface area contributed by atoms with Crippen molar-refractivity contribution < 1.29 is 4.84 Å². The van der Waals surface area contributed by atoms with Crippen molar-refractivity contribution in [3.63, 3.8) is 0 Å². The lowest BCUT2D eigenvalue weighted by molar-refractivity contribution is 0.106. The molecule has 0 unspecified atom stereocenters. The first-order chi connectivity index (χ1) is 5.95. The van der Waals surface area contributed by atoms with Gasteiger partial charge in [0.25, 0.3) is 0 Å². The van der Waals surface area contributed by atoms with Gasteiger partial charge in [-0.25, -0.2) is 0 Å². The Morgan fingerprint density at radius 1 is 1.42 bits per heavy atom. The molecule has 0 aromatic carbocycles. The molecular weight excluding hydrogens is 152 g/mol. The second-order valence-electron chi connectivity index (χ2n) is 3.44.